The van der Waals surface area contributed by atoms with Crippen molar-refractivity contribution in [2.75, 3.05) is 5.32 Å². The van der Waals surface area contributed by atoms with E-state index < -0.39 is 0 Å². The highest BCUT2D eigenvalue weighted by atomic mass is 32.1. The Balaban J connectivity index is 1.76. The molecule has 0 aliphatic heterocycles. The van der Waals surface area contributed by atoms with Crippen LogP contribution in [0.5, 0.6) is 0 Å². The Hall–Kier alpha value is -2.86. The van der Waals surface area contributed by atoms with Crippen LogP contribution in [0.1, 0.15) is 5.82 Å². The molecule has 2 heterocycles. The molecular formula is C11H7N7OS. The standard InChI is InChI=1S/C11H7N7OS/c12-4-9-13-6-18(15-9)5-10(19)14-7-2-1-3-8-11(7)17-20-16-8/h1-3,6H,5H2,(H,14,19). The van der Waals surface area contributed by atoms with Gasteiger partial charge < -0.3 is 5.32 Å². The second kappa shape index (κ2) is 5.02. The third kappa shape index (κ3) is 2.32. The molecule has 0 fully saturated rings. The Bertz CT molecular complexity index is 815. The molecule has 3 aromatic rings. The number of hydrogen-bond donors (Lipinski definition) is 1. The number of benzene rings is 1. The van der Waals surface area contributed by atoms with Crippen LogP contribution in [-0.4, -0.2) is 29.4 Å². The first kappa shape index (κ1) is 12.2. The van der Waals surface area contributed by atoms with Gasteiger partial charge in [-0.3, -0.25) is 4.79 Å². The maximum Gasteiger partial charge on any atom is 0.252 e. The quantitative estimate of drug-likeness (QED) is 0.762. The molecule has 0 saturated heterocycles. The monoisotopic (exact) mass is 285 g/mol. The Morgan fingerprint density at radius 1 is 1.45 bits per heavy atom. The molecule has 98 valence electrons. The minimum atomic E-state index is -0.278. The molecule has 0 unspecified atom stereocenters. The molecule has 0 aliphatic carbocycles. The maximum atomic E-state index is 11.9. The zero-order valence-electron chi connectivity index (χ0n) is 10.0. The topological polar surface area (TPSA) is 109 Å². The van der Waals surface area contributed by atoms with E-state index in [4.69, 9.17) is 5.26 Å². The summed E-state index contributed by atoms with van der Waals surface area (Å²) in [5.41, 5.74) is 1.99. The van der Waals surface area contributed by atoms with E-state index in [-0.39, 0.29) is 18.3 Å². The summed E-state index contributed by atoms with van der Waals surface area (Å²) in [7, 11) is 0. The van der Waals surface area contributed by atoms with Crippen LogP contribution in [0, 0.1) is 11.3 Å². The van der Waals surface area contributed by atoms with E-state index in [1.165, 1.54) is 11.0 Å². The van der Waals surface area contributed by atoms with Gasteiger partial charge >= 0.3 is 0 Å². The van der Waals surface area contributed by atoms with Gasteiger partial charge in [-0.1, -0.05) is 6.07 Å². The van der Waals surface area contributed by atoms with Crippen molar-refractivity contribution in [2.45, 2.75) is 6.54 Å². The summed E-state index contributed by atoms with van der Waals surface area (Å²) in [5.74, 6) is -0.247. The number of amides is 1. The third-order valence-electron chi connectivity index (χ3n) is 2.50. The van der Waals surface area contributed by atoms with Crippen molar-refractivity contribution in [1.29, 1.82) is 5.26 Å². The van der Waals surface area contributed by atoms with Crippen LogP contribution < -0.4 is 5.32 Å². The fourth-order valence-corrected chi connectivity index (χ4v) is 2.22. The van der Waals surface area contributed by atoms with Gasteiger partial charge in [0, 0.05) is 0 Å². The van der Waals surface area contributed by atoms with Crippen molar-refractivity contribution in [2.24, 2.45) is 0 Å². The van der Waals surface area contributed by atoms with E-state index in [0.29, 0.717) is 11.2 Å². The number of carbonyl (C=O) groups is 1. The third-order valence-corrected chi connectivity index (χ3v) is 3.04. The highest BCUT2D eigenvalue weighted by Crippen LogP contribution is 2.20. The number of hydrogen-bond acceptors (Lipinski definition) is 7. The molecule has 1 aromatic carbocycles. The van der Waals surface area contributed by atoms with E-state index in [9.17, 15) is 4.79 Å². The van der Waals surface area contributed by atoms with E-state index in [1.54, 1.807) is 18.2 Å². The van der Waals surface area contributed by atoms with Crippen LogP contribution in [0.3, 0.4) is 0 Å². The Kier molecular flexibility index (Phi) is 3.06. The van der Waals surface area contributed by atoms with Gasteiger partial charge in [0.15, 0.2) is 0 Å². The molecule has 1 amide bonds. The fourth-order valence-electron chi connectivity index (χ4n) is 1.67. The van der Waals surface area contributed by atoms with E-state index in [2.05, 4.69) is 24.1 Å². The lowest BCUT2D eigenvalue weighted by Crippen LogP contribution is -2.19. The highest BCUT2D eigenvalue weighted by molar-refractivity contribution is 7.00. The van der Waals surface area contributed by atoms with E-state index >= 15 is 0 Å². The van der Waals surface area contributed by atoms with Crippen LogP contribution in [0.2, 0.25) is 0 Å². The molecule has 0 saturated carbocycles. The zero-order valence-corrected chi connectivity index (χ0v) is 10.8. The van der Waals surface area contributed by atoms with Crippen molar-refractivity contribution >= 4 is 34.4 Å². The van der Waals surface area contributed by atoms with Crippen molar-refractivity contribution in [1.82, 2.24) is 23.5 Å². The van der Waals surface area contributed by atoms with Gasteiger partial charge in [-0.15, -0.1) is 5.10 Å². The lowest BCUT2D eigenvalue weighted by Gasteiger charge is -2.05. The van der Waals surface area contributed by atoms with Crippen molar-refractivity contribution < 1.29 is 4.79 Å². The number of carbonyl (C=O) groups excluding carboxylic acids is 1. The van der Waals surface area contributed by atoms with Gasteiger partial charge in [0.25, 0.3) is 5.82 Å². The summed E-state index contributed by atoms with van der Waals surface area (Å²) in [6, 6.07) is 7.17. The molecule has 0 radical (unpaired) electrons. The molecular weight excluding hydrogens is 278 g/mol. The molecule has 0 bridgehead atoms. The van der Waals surface area contributed by atoms with Gasteiger partial charge in [0.05, 0.1) is 17.4 Å². The summed E-state index contributed by atoms with van der Waals surface area (Å²) in [6.07, 6.45) is 1.34. The molecule has 0 aliphatic rings. The number of aromatic nitrogens is 5. The van der Waals surface area contributed by atoms with Gasteiger partial charge in [-0.25, -0.2) is 9.67 Å². The smallest absolute Gasteiger partial charge is 0.252 e. The first-order valence-electron chi connectivity index (χ1n) is 5.57. The first-order valence-corrected chi connectivity index (χ1v) is 6.30. The summed E-state index contributed by atoms with van der Waals surface area (Å²) in [6.45, 7) is -0.0252. The molecule has 8 nitrogen and oxygen atoms in total. The van der Waals surface area contributed by atoms with Gasteiger partial charge in [0.2, 0.25) is 5.91 Å². The van der Waals surface area contributed by atoms with Crippen LogP contribution in [0.25, 0.3) is 11.0 Å². The predicted octanol–water partition coefficient (Wildman–Crippen LogP) is 0.793. The summed E-state index contributed by atoms with van der Waals surface area (Å²) in [5, 5.41) is 15.2. The lowest BCUT2D eigenvalue weighted by molar-refractivity contribution is -0.116. The summed E-state index contributed by atoms with van der Waals surface area (Å²) in [4.78, 5) is 15.6. The first-order chi connectivity index (χ1) is 9.76. The van der Waals surface area contributed by atoms with Gasteiger partial charge in [-0.2, -0.15) is 14.0 Å². The Labute approximate surface area is 117 Å². The summed E-state index contributed by atoms with van der Waals surface area (Å²) < 4.78 is 9.53. The van der Waals surface area contributed by atoms with Crippen molar-refractivity contribution in [3.05, 3.63) is 30.4 Å². The molecule has 9 heteroatoms. The molecule has 1 N–H and O–H groups in total. The van der Waals surface area contributed by atoms with Crippen LogP contribution >= 0.6 is 11.7 Å². The number of rotatable bonds is 3. The molecule has 0 atom stereocenters. The van der Waals surface area contributed by atoms with E-state index in [1.807, 2.05) is 6.07 Å². The predicted molar refractivity (Wildman–Crippen MR) is 70.8 cm³/mol. The highest BCUT2D eigenvalue weighted by Gasteiger charge is 2.10. The van der Waals surface area contributed by atoms with Crippen molar-refractivity contribution in [3.8, 4) is 6.07 Å². The zero-order chi connectivity index (χ0) is 13.9. The van der Waals surface area contributed by atoms with Gasteiger partial charge in [0.1, 0.15) is 30.0 Å². The van der Waals surface area contributed by atoms with Crippen molar-refractivity contribution in [3.63, 3.8) is 0 Å². The number of nitriles is 1. The minimum Gasteiger partial charge on any atom is -0.322 e. The lowest BCUT2D eigenvalue weighted by atomic mass is 10.2. The normalized spacial score (nSPS) is 10.3. The Morgan fingerprint density at radius 3 is 3.15 bits per heavy atom. The average Bonchev–Trinajstić information content (AvgIpc) is 3.07. The molecule has 20 heavy (non-hydrogen) atoms. The van der Waals surface area contributed by atoms with Crippen LogP contribution in [-0.2, 0) is 11.3 Å². The minimum absolute atomic E-state index is 0.0252. The average molecular weight is 285 g/mol. The molecule has 2 aromatic heterocycles. The fraction of sp³-hybridized carbons (Fsp3) is 0.0909. The largest absolute Gasteiger partial charge is 0.322 e. The molecule has 0 spiro atoms. The number of fused-ring (bicyclic) bond motifs is 1. The second-order valence-electron chi connectivity index (χ2n) is 3.86. The van der Waals surface area contributed by atoms with Crippen LogP contribution in [0.4, 0.5) is 5.69 Å². The van der Waals surface area contributed by atoms with E-state index in [0.717, 1.165) is 17.2 Å². The van der Waals surface area contributed by atoms with Crippen LogP contribution in [0.15, 0.2) is 24.5 Å². The Morgan fingerprint density at radius 2 is 2.35 bits per heavy atom. The number of nitrogens with one attached hydrogen (secondary N) is 1. The maximum absolute atomic E-state index is 11.9. The number of anilines is 1. The van der Waals surface area contributed by atoms with Gasteiger partial charge in [-0.05, 0) is 12.1 Å². The SMILES string of the molecule is N#Cc1ncn(CC(=O)Nc2cccc3nsnc23)n1. The molecule has 3 rings (SSSR count). The summed E-state index contributed by atoms with van der Waals surface area (Å²) >= 11 is 1.09. The number of nitrogens with zero attached hydrogens (tertiary/aromatic N) is 6. The second-order valence-corrected chi connectivity index (χ2v) is 4.39.